The van der Waals surface area contributed by atoms with Gasteiger partial charge in [-0.05, 0) is 24.6 Å². The molecule has 1 saturated heterocycles. The van der Waals surface area contributed by atoms with Crippen LogP contribution in [0.15, 0.2) is 36.9 Å². The first-order valence-electron chi connectivity index (χ1n) is 6.38. The molecule has 0 saturated carbocycles. The average molecular weight is 278 g/mol. The first-order chi connectivity index (χ1) is 9.12. The first kappa shape index (κ1) is 12.6. The molecular weight excluding hydrogens is 262 g/mol. The highest BCUT2D eigenvalue weighted by Crippen LogP contribution is 2.48. The van der Waals surface area contributed by atoms with Gasteiger partial charge in [-0.25, -0.2) is 9.67 Å². The van der Waals surface area contributed by atoms with Crippen molar-refractivity contribution in [2.24, 2.45) is 5.92 Å². The monoisotopic (exact) mass is 277 g/mol. The lowest BCUT2D eigenvalue weighted by atomic mass is 9.74. The van der Waals surface area contributed by atoms with E-state index in [1.54, 1.807) is 12.7 Å². The van der Waals surface area contributed by atoms with Crippen LogP contribution in [-0.2, 0) is 16.9 Å². The standard InChI is InChI=1S/C14H16ClN3O/c1-10-11(2)19-14(10,7-18-9-16-8-17-18)12-3-5-13(15)6-4-12/h3-6,8-11H,7H2,1-2H3/t10-,11+,14-/m1/s1. The highest BCUT2D eigenvalue weighted by Gasteiger charge is 2.52. The minimum atomic E-state index is -0.336. The number of aromatic nitrogens is 3. The molecule has 1 aliphatic rings. The topological polar surface area (TPSA) is 39.9 Å². The second-order valence-electron chi connectivity index (χ2n) is 5.10. The molecule has 0 unspecified atom stereocenters. The lowest BCUT2D eigenvalue weighted by Gasteiger charge is -2.53. The van der Waals surface area contributed by atoms with E-state index in [-0.39, 0.29) is 11.7 Å². The fourth-order valence-corrected chi connectivity index (χ4v) is 2.86. The summed E-state index contributed by atoms with van der Waals surface area (Å²) in [7, 11) is 0. The number of hydrogen-bond acceptors (Lipinski definition) is 3. The van der Waals surface area contributed by atoms with Gasteiger partial charge in [-0.15, -0.1) is 0 Å². The van der Waals surface area contributed by atoms with Crippen LogP contribution in [0.25, 0.3) is 0 Å². The van der Waals surface area contributed by atoms with Gasteiger partial charge in [-0.2, -0.15) is 5.10 Å². The molecule has 0 aliphatic carbocycles. The van der Waals surface area contributed by atoms with Crippen LogP contribution in [0, 0.1) is 5.92 Å². The molecule has 5 heteroatoms. The predicted octanol–water partition coefficient (Wildman–Crippen LogP) is 2.88. The number of ether oxygens (including phenoxy) is 1. The molecule has 0 N–H and O–H groups in total. The molecule has 4 nitrogen and oxygen atoms in total. The van der Waals surface area contributed by atoms with Crippen molar-refractivity contribution in [2.45, 2.75) is 32.1 Å². The quantitative estimate of drug-likeness (QED) is 0.866. The summed E-state index contributed by atoms with van der Waals surface area (Å²) in [6.07, 6.45) is 3.51. The Balaban J connectivity index is 1.96. The smallest absolute Gasteiger partial charge is 0.137 e. The molecule has 0 bridgehead atoms. The van der Waals surface area contributed by atoms with Gasteiger partial charge in [0.1, 0.15) is 18.3 Å². The van der Waals surface area contributed by atoms with Gasteiger partial charge in [-0.3, -0.25) is 0 Å². The van der Waals surface area contributed by atoms with Gasteiger partial charge in [0.05, 0.1) is 12.6 Å². The molecule has 0 spiro atoms. The average Bonchev–Trinajstić information content (AvgIpc) is 2.91. The number of hydrogen-bond donors (Lipinski definition) is 0. The fourth-order valence-electron chi connectivity index (χ4n) is 2.74. The number of nitrogens with zero attached hydrogens (tertiary/aromatic N) is 3. The molecule has 19 heavy (non-hydrogen) atoms. The Morgan fingerprint density at radius 2 is 2.05 bits per heavy atom. The Labute approximate surface area is 117 Å². The summed E-state index contributed by atoms with van der Waals surface area (Å²) in [5.74, 6) is 0.415. The fraction of sp³-hybridized carbons (Fsp3) is 0.429. The summed E-state index contributed by atoms with van der Waals surface area (Å²) < 4.78 is 7.92. The second kappa shape index (κ2) is 4.62. The van der Waals surface area contributed by atoms with Crippen LogP contribution >= 0.6 is 11.6 Å². The van der Waals surface area contributed by atoms with Crippen LogP contribution < -0.4 is 0 Å². The third kappa shape index (κ3) is 2.05. The molecule has 100 valence electrons. The van der Waals surface area contributed by atoms with E-state index in [2.05, 4.69) is 23.9 Å². The van der Waals surface area contributed by atoms with Gasteiger partial charge in [0, 0.05) is 10.9 Å². The molecule has 1 aromatic heterocycles. The van der Waals surface area contributed by atoms with Crippen LogP contribution in [0.4, 0.5) is 0 Å². The lowest BCUT2D eigenvalue weighted by molar-refractivity contribution is -0.263. The molecule has 1 aliphatic heterocycles. The first-order valence-corrected chi connectivity index (χ1v) is 6.76. The van der Waals surface area contributed by atoms with E-state index in [9.17, 15) is 0 Å². The zero-order valence-corrected chi connectivity index (χ0v) is 11.7. The van der Waals surface area contributed by atoms with Crippen molar-refractivity contribution in [1.82, 2.24) is 14.8 Å². The Morgan fingerprint density at radius 1 is 1.32 bits per heavy atom. The normalized spacial score (nSPS) is 30.1. The van der Waals surface area contributed by atoms with Crippen molar-refractivity contribution in [3.05, 3.63) is 47.5 Å². The van der Waals surface area contributed by atoms with Gasteiger partial charge < -0.3 is 4.74 Å². The minimum Gasteiger partial charge on any atom is -0.365 e. The van der Waals surface area contributed by atoms with E-state index in [4.69, 9.17) is 16.3 Å². The molecule has 0 radical (unpaired) electrons. The molecule has 3 rings (SSSR count). The Kier molecular flexibility index (Phi) is 3.07. The maximum atomic E-state index is 6.11. The zero-order chi connectivity index (χ0) is 13.5. The van der Waals surface area contributed by atoms with E-state index in [0.717, 1.165) is 10.6 Å². The zero-order valence-electron chi connectivity index (χ0n) is 11.0. The van der Waals surface area contributed by atoms with E-state index in [1.165, 1.54) is 0 Å². The number of rotatable bonds is 3. The summed E-state index contributed by atoms with van der Waals surface area (Å²) in [6.45, 7) is 4.97. The summed E-state index contributed by atoms with van der Waals surface area (Å²) in [4.78, 5) is 3.99. The van der Waals surface area contributed by atoms with Gasteiger partial charge in [0.25, 0.3) is 0 Å². The maximum Gasteiger partial charge on any atom is 0.137 e. The summed E-state index contributed by atoms with van der Waals surface area (Å²) in [6, 6.07) is 7.86. The molecule has 3 atom stereocenters. The van der Waals surface area contributed by atoms with Crippen LogP contribution in [0.2, 0.25) is 5.02 Å². The van der Waals surface area contributed by atoms with Crippen molar-refractivity contribution in [1.29, 1.82) is 0 Å². The summed E-state index contributed by atoms with van der Waals surface area (Å²) in [5.41, 5.74) is 0.801. The predicted molar refractivity (Wildman–Crippen MR) is 72.9 cm³/mol. The van der Waals surface area contributed by atoms with Crippen molar-refractivity contribution in [3.8, 4) is 0 Å². The minimum absolute atomic E-state index is 0.249. The van der Waals surface area contributed by atoms with E-state index in [0.29, 0.717) is 12.5 Å². The Bertz CT molecular complexity index is 555. The molecule has 1 aromatic carbocycles. The number of halogens is 1. The van der Waals surface area contributed by atoms with Crippen LogP contribution in [-0.4, -0.2) is 20.9 Å². The third-order valence-electron chi connectivity index (χ3n) is 4.03. The van der Waals surface area contributed by atoms with Crippen molar-refractivity contribution >= 4 is 11.6 Å². The molecular formula is C14H16ClN3O. The molecule has 0 amide bonds. The Hall–Kier alpha value is -1.39. The van der Waals surface area contributed by atoms with E-state index >= 15 is 0 Å². The SMILES string of the molecule is C[C@@H]1O[C@@](Cn2cncn2)(c2ccc(Cl)cc2)[C@@H]1C. The summed E-state index contributed by atoms with van der Waals surface area (Å²) >= 11 is 5.96. The van der Waals surface area contributed by atoms with Crippen LogP contribution in [0.1, 0.15) is 19.4 Å². The summed E-state index contributed by atoms with van der Waals surface area (Å²) in [5, 5.41) is 4.92. The maximum absolute atomic E-state index is 6.11. The largest absolute Gasteiger partial charge is 0.365 e. The molecule has 2 heterocycles. The Morgan fingerprint density at radius 3 is 2.58 bits per heavy atom. The lowest BCUT2D eigenvalue weighted by Crippen LogP contribution is -2.57. The van der Waals surface area contributed by atoms with Gasteiger partial charge >= 0.3 is 0 Å². The van der Waals surface area contributed by atoms with Crippen molar-refractivity contribution < 1.29 is 4.74 Å². The number of benzene rings is 1. The molecule has 1 fully saturated rings. The van der Waals surface area contributed by atoms with Crippen LogP contribution in [0.5, 0.6) is 0 Å². The second-order valence-corrected chi connectivity index (χ2v) is 5.54. The van der Waals surface area contributed by atoms with Crippen molar-refractivity contribution in [3.63, 3.8) is 0 Å². The molecule has 2 aromatic rings. The van der Waals surface area contributed by atoms with Gasteiger partial charge in [0.15, 0.2) is 0 Å². The third-order valence-corrected chi connectivity index (χ3v) is 4.28. The highest BCUT2D eigenvalue weighted by molar-refractivity contribution is 6.30. The van der Waals surface area contributed by atoms with E-state index < -0.39 is 0 Å². The van der Waals surface area contributed by atoms with Crippen molar-refractivity contribution in [2.75, 3.05) is 0 Å². The van der Waals surface area contributed by atoms with Gasteiger partial charge in [0.2, 0.25) is 0 Å². The highest BCUT2D eigenvalue weighted by atomic mass is 35.5. The van der Waals surface area contributed by atoms with Gasteiger partial charge in [-0.1, -0.05) is 30.7 Å². The van der Waals surface area contributed by atoms with E-state index in [1.807, 2.05) is 28.9 Å². The van der Waals surface area contributed by atoms with Crippen LogP contribution in [0.3, 0.4) is 0 Å².